The maximum Gasteiger partial charge on any atom is 0.0488 e. The first kappa shape index (κ1) is 15.3. The normalized spacial score (nSPS) is 14.0. The van der Waals surface area contributed by atoms with Crippen LogP contribution in [0.15, 0.2) is 48.7 Å². The topological polar surface area (TPSA) is 42.5 Å². The van der Waals surface area contributed by atoms with E-state index in [-0.39, 0.29) is 0 Å². The second-order valence-electron chi connectivity index (χ2n) is 6.74. The van der Waals surface area contributed by atoms with Crippen LogP contribution in [0.5, 0.6) is 0 Å². The summed E-state index contributed by atoms with van der Waals surface area (Å²) in [5.41, 5.74) is 14.0. The monoisotopic (exact) mass is 319 g/mol. The molecular formula is C21H25N3. The lowest BCUT2D eigenvalue weighted by atomic mass is 9.93. The molecule has 24 heavy (non-hydrogen) atoms. The van der Waals surface area contributed by atoms with Crippen LogP contribution in [0, 0.1) is 0 Å². The first-order chi connectivity index (χ1) is 11.8. The molecule has 0 fully saturated rings. The van der Waals surface area contributed by atoms with Crippen molar-refractivity contribution in [2.45, 2.75) is 38.6 Å². The van der Waals surface area contributed by atoms with E-state index in [1.54, 1.807) is 16.8 Å². The van der Waals surface area contributed by atoms with Gasteiger partial charge in [0.1, 0.15) is 0 Å². The smallest absolute Gasteiger partial charge is 0.0488 e. The number of nitrogens with one attached hydrogen (secondary N) is 1. The molecule has 1 aliphatic carbocycles. The van der Waals surface area contributed by atoms with Gasteiger partial charge < -0.3 is 15.5 Å². The zero-order valence-corrected chi connectivity index (χ0v) is 14.1. The van der Waals surface area contributed by atoms with Crippen LogP contribution >= 0.6 is 0 Å². The summed E-state index contributed by atoms with van der Waals surface area (Å²) in [5.74, 6) is 0. The van der Waals surface area contributed by atoms with Crippen molar-refractivity contribution in [3.05, 3.63) is 71.0 Å². The number of anilines is 1. The number of hydrogen-bond acceptors (Lipinski definition) is 2. The number of nitrogens with two attached hydrogens (primary N) is 1. The first-order valence-corrected chi connectivity index (χ1v) is 8.98. The summed E-state index contributed by atoms with van der Waals surface area (Å²) in [5, 5.41) is 3.57. The van der Waals surface area contributed by atoms with Crippen LogP contribution in [-0.2, 0) is 25.8 Å². The van der Waals surface area contributed by atoms with Gasteiger partial charge in [-0.3, -0.25) is 0 Å². The summed E-state index contributed by atoms with van der Waals surface area (Å²) in [4.78, 5) is 0. The van der Waals surface area contributed by atoms with Crippen molar-refractivity contribution in [1.29, 1.82) is 0 Å². The fraction of sp³-hybridized carbons (Fsp3) is 0.333. The number of fused-ring (bicyclic) bond motifs is 3. The molecule has 0 spiro atoms. The molecule has 0 saturated carbocycles. The predicted octanol–water partition coefficient (Wildman–Crippen LogP) is 3.73. The fourth-order valence-electron chi connectivity index (χ4n) is 3.99. The molecule has 0 aliphatic heterocycles. The van der Waals surface area contributed by atoms with E-state index in [4.69, 9.17) is 5.73 Å². The second kappa shape index (κ2) is 6.70. The number of aryl methyl sites for hydroxylation is 1. The molecule has 1 aliphatic rings. The molecule has 124 valence electrons. The predicted molar refractivity (Wildman–Crippen MR) is 100 cm³/mol. The first-order valence-electron chi connectivity index (χ1n) is 8.98. The van der Waals surface area contributed by atoms with Gasteiger partial charge in [0, 0.05) is 29.6 Å². The Kier molecular flexibility index (Phi) is 4.26. The second-order valence-corrected chi connectivity index (χ2v) is 6.74. The summed E-state index contributed by atoms with van der Waals surface area (Å²) < 4.78 is 2.42. The Morgan fingerprint density at radius 1 is 1.04 bits per heavy atom. The van der Waals surface area contributed by atoms with Gasteiger partial charge in [0.15, 0.2) is 0 Å². The van der Waals surface area contributed by atoms with Gasteiger partial charge in [-0.1, -0.05) is 18.2 Å². The Morgan fingerprint density at radius 2 is 1.96 bits per heavy atom. The average molecular weight is 319 g/mol. The summed E-state index contributed by atoms with van der Waals surface area (Å²) in [6, 6.07) is 14.7. The fourth-order valence-corrected chi connectivity index (χ4v) is 3.99. The van der Waals surface area contributed by atoms with Gasteiger partial charge >= 0.3 is 0 Å². The lowest BCUT2D eigenvalue weighted by Gasteiger charge is -2.13. The number of nitrogens with zero attached hydrogens (tertiary/aromatic N) is 1. The summed E-state index contributed by atoms with van der Waals surface area (Å²) in [7, 11) is 0. The van der Waals surface area contributed by atoms with E-state index in [9.17, 15) is 0 Å². The van der Waals surface area contributed by atoms with E-state index in [0.717, 1.165) is 25.2 Å². The summed E-state index contributed by atoms with van der Waals surface area (Å²) in [6.45, 7) is 1.87. The van der Waals surface area contributed by atoms with E-state index in [0.29, 0.717) is 0 Å². The zero-order valence-electron chi connectivity index (χ0n) is 14.1. The molecule has 1 aromatic carbocycles. The van der Waals surface area contributed by atoms with Crippen molar-refractivity contribution in [1.82, 2.24) is 9.72 Å². The highest BCUT2D eigenvalue weighted by atomic mass is 14.9. The summed E-state index contributed by atoms with van der Waals surface area (Å²) >= 11 is 0. The van der Waals surface area contributed by atoms with Crippen molar-refractivity contribution < 1.29 is 0 Å². The van der Waals surface area contributed by atoms with Gasteiger partial charge in [-0.25, -0.2) is 0 Å². The molecule has 0 amide bonds. The van der Waals surface area contributed by atoms with E-state index >= 15 is 0 Å². The van der Waals surface area contributed by atoms with Crippen molar-refractivity contribution in [3.63, 3.8) is 0 Å². The molecule has 2 heterocycles. The quantitative estimate of drug-likeness (QED) is 0.556. The van der Waals surface area contributed by atoms with E-state index in [1.807, 2.05) is 18.2 Å². The third kappa shape index (κ3) is 2.92. The van der Waals surface area contributed by atoms with Gasteiger partial charge in [0.05, 0.1) is 0 Å². The molecule has 0 radical (unpaired) electrons. The van der Waals surface area contributed by atoms with Gasteiger partial charge in [0.2, 0.25) is 0 Å². The molecule has 3 heteroatoms. The molecule has 0 unspecified atom stereocenters. The lowest BCUT2D eigenvalue weighted by molar-refractivity contribution is 0.656. The van der Waals surface area contributed by atoms with Crippen molar-refractivity contribution >= 4 is 11.2 Å². The largest absolute Gasteiger partial charge is 0.399 e. The Balaban J connectivity index is 1.48. The minimum absolute atomic E-state index is 0.835. The highest BCUT2D eigenvalue weighted by Gasteiger charge is 2.19. The van der Waals surface area contributed by atoms with Crippen LogP contribution in [0.3, 0.4) is 0 Å². The molecule has 0 saturated heterocycles. The number of hydrogen-bond donors (Lipinski definition) is 2. The molecule has 0 atom stereocenters. The van der Waals surface area contributed by atoms with Gasteiger partial charge in [0.25, 0.3) is 0 Å². The number of nitrogen functional groups attached to an aromatic ring is 1. The molecule has 2 aromatic heterocycles. The molecule has 3 aromatic rings. The standard InChI is InChI=1S/C21H25N3/c22-17-7-5-6-16(14-17)15-23-12-11-19-18-8-1-2-9-20(18)24-13-4-3-10-21(19)24/h3-7,10,13-14,23H,1-2,8-9,11-12,15,22H2. The summed E-state index contributed by atoms with van der Waals surface area (Å²) in [6.07, 6.45) is 8.42. The maximum absolute atomic E-state index is 5.85. The number of aromatic nitrogens is 1. The Morgan fingerprint density at radius 3 is 2.88 bits per heavy atom. The van der Waals surface area contributed by atoms with Crippen molar-refractivity contribution in [2.75, 3.05) is 12.3 Å². The van der Waals surface area contributed by atoms with Gasteiger partial charge in [-0.15, -0.1) is 0 Å². The molecule has 0 bridgehead atoms. The minimum atomic E-state index is 0.835. The van der Waals surface area contributed by atoms with Crippen molar-refractivity contribution in [2.24, 2.45) is 0 Å². The van der Waals surface area contributed by atoms with Crippen LogP contribution in [0.2, 0.25) is 0 Å². The Bertz CT molecular complexity index is 847. The van der Waals surface area contributed by atoms with Crippen LogP contribution in [0.1, 0.15) is 35.2 Å². The molecule has 4 rings (SSSR count). The lowest BCUT2D eigenvalue weighted by Crippen LogP contribution is -2.17. The molecular weight excluding hydrogens is 294 g/mol. The van der Waals surface area contributed by atoms with Crippen LogP contribution < -0.4 is 11.1 Å². The Hall–Kier alpha value is -2.26. The van der Waals surface area contributed by atoms with Crippen LogP contribution in [0.4, 0.5) is 5.69 Å². The average Bonchev–Trinajstić information content (AvgIpc) is 2.93. The number of pyridine rings is 1. The highest BCUT2D eigenvalue weighted by molar-refractivity contribution is 5.62. The SMILES string of the molecule is Nc1cccc(CNCCc2c3c(n4ccccc24)CCCC3)c1. The molecule has 3 nitrogen and oxygen atoms in total. The van der Waals surface area contributed by atoms with Gasteiger partial charge in [-0.2, -0.15) is 0 Å². The van der Waals surface area contributed by atoms with Crippen LogP contribution in [-0.4, -0.2) is 10.9 Å². The molecule has 3 N–H and O–H groups in total. The number of rotatable bonds is 5. The minimum Gasteiger partial charge on any atom is -0.399 e. The highest BCUT2D eigenvalue weighted by Crippen LogP contribution is 2.30. The van der Waals surface area contributed by atoms with Crippen LogP contribution in [0.25, 0.3) is 5.52 Å². The van der Waals surface area contributed by atoms with Crippen molar-refractivity contribution in [3.8, 4) is 0 Å². The number of benzene rings is 1. The third-order valence-electron chi connectivity index (χ3n) is 5.09. The van der Waals surface area contributed by atoms with E-state index < -0.39 is 0 Å². The zero-order chi connectivity index (χ0) is 16.4. The van der Waals surface area contributed by atoms with E-state index in [1.165, 1.54) is 36.8 Å². The van der Waals surface area contributed by atoms with E-state index in [2.05, 4.69) is 40.2 Å². The third-order valence-corrected chi connectivity index (χ3v) is 5.09. The Labute approximate surface area is 143 Å². The maximum atomic E-state index is 5.85. The van der Waals surface area contributed by atoms with Gasteiger partial charge in [-0.05, 0) is 79.6 Å².